The maximum absolute atomic E-state index is 5.10. The van der Waals surface area contributed by atoms with Crippen molar-refractivity contribution in [3.8, 4) is 22.3 Å². The number of para-hydroxylation sites is 1. The zero-order chi connectivity index (χ0) is 32.9. The molecule has 0 saturated heterocycles. The van der Waals surface area contributed by atoms with E-state index < -0.39 is 0 Å². The van der Waals surface area contributed by atoms with Crippen LogP contribution in [0.15, 0.2) is 167 Å². The van der Waals surface area contributed by atoms with E-state index in [9.17, 15) is 0 Å². The highest BCUT2D eigenvalue weighted by molar-refractivity contribution is 6.12. The van der Waals surface area contributed by atoms with Crippen molar-refractivity contribution in [2.24, 2.45) is 15.0 Å². The summed E-state index contributed by atoms with van der Waals surface area (Å²) in [6.07, 6.45) is 2.94. The number of benzene rings is 6. The third kappa shape index (κ3) is 6.63. The Morgan fingerprint density at radius 1 is 0.646 bits per heavy atom. The van der Waals surface area contributed by atoms with E-state index in [1.807, 2.05) is 36.4 Å². The second-order valence-corrected chi connectivity index (χ2v) is 12.2. The maximum Gasteiger partial charge on any atom is 0.0716 e. The molecule has 1 aliphatic carbocycles. The summed E-state index contributed by atoms with van der Waals surface area (Å²) < 4.78 is 0. The topological polar surface area (TPSA) is 37.1 Å². The molecule has 6 aromatic rings. The van der Waals surface area contributed by atoms with E-state index in [1.54, 1.807) is 0 Å². The molecule has 0 aromatic heterocycles. The van der Waals surface area contributed by atoms with E-state index in [1.165, 1.54) is 44.5 Å². The lowest BCUT2D eigenvalue weighted by Gasteiger charge is -2.09. The number of aliphatic imine (C=N–C) groups is 3. The average molecular weight is 620 g/mol. The van der Waals surface area contributed by atoms with Gasteiger partial charge in [0.25, 0.3) is 0 Å². The van der Waals surface area contributed by atoms with Crippen LogP contribution in [0.2, 0.25) is 0 Å². The van der Waals surface area contributed by atoms with Crippen molar-refractivity contribution in [2.45, 2.75) is 26.8 Å². The van der Waals surface area contributed by atoms with Crippen LogP contribution in [0.5, 0.6) is 0 Å². The van der Waals surface area contributed by atoms with Gasteiger partial charge < -0.3 is 0 Å². The molecule has 0 heterocycles. The predicted molar refractivity (Wildman–Crippen MR) is 204 cm³/mol. The molecule has 1 aliphatic rings. The van der Waals surface area contributed by atoms with Crippen LogP contribution in [0.1, 0.15) is 45.9 Å². The van der Waals surface area contributed by atoms with Gasteiger partial charge in [0.2, 0.25) is 0 Å². The van der Waals surface area contributed by atoms with Crippen LogP contribution in [-0.2, 0) is 13.0 Å². The fraction of sp³-hybridized carbons (Fsp3) is 0.0889. The van der Waals surface area contributed by atoms with E-state index in [4.69, 9.17) is 9.98 Å². The highest BCUT2D eigenvalue weighted by Crippen LogP contribution is 2.39. The molecule has 0 saturated carbocycles. The highest BCUT2D eigenvalue weighted by atomic mass is 14.8. The van der Waals surface area contributed by atoms with Crippen molar-refractivity contribution in [1.29, 1.82) is 0 Å². The van der Waals surface area contributed by atoms with Gasteiger partial charge >= 0.3 is 0 Å². The molecule has 232 valence electrons. The largest absolute Gasteiger partial charge is 0.280 e. The monoisotopic (exact) mass is 619 g/mol. The molecule has 3 heteroatoms. The second kappa shape index (κ2) is 13.8. The first-order valence-corrected chi connectivity index (χ1v) is 16.4. The summed E-state index contributed by atoms with van der Waals surface area (Å²) in [5.41, 5.74) is 17.0. The third-order valence-electron chi connectivity index (χ3n) is 9.01. The summed E-state index contributed by atoms with van der Waals surface area (Å²) >= 11 is 0. The Balaban J connectivity index is 1.16. The number of aryl methyl sites for hydroxylation is 1. The van der Waals surface area contributed by atoms with Gasteiger partial charge in [-0.2, -0.15) is 0 Å². The second-order valence-electron chi connectivity index (χ2n) is 12.2. The van der Waals surface area contributed by atoms with E-state index in [0.29, 0.717) is 6.54 Å². The molecule has 6 aromatic carbocycles. The summed E-state index contributed by atoms with van der Waals surface area (Å²) in [5, 5.41) is 0. The molecule has 0 N–H and O–H groups in total. The molecule has 48 heavy (non-hydrogen) atoms. The Bertz CT molecular complexity index is 2190. The molecule has 0 atom stereocenters. The first-order chi connectivity index (χ1) is 23.6. The standard InChI is InChI=1S/C45H37N3/c1-31-12-10-11-17-43(31)48-32(2)34-18-20-35(21-19-34)37-22-24-41-39(26-37)28-40-27-38(23-25-42(40)41)45(47-30-33-13-6-4-7-14-33)29-44(46-3)36-15-8-5-9-16-36/h4-27,29H,3,28,30H2,1-2H3/b44-29-,47-45?,48-32?. The van der Waals surface area contributed by atoms with Crippen molar-refractivity contribution >= 4 is 29.5 Å². The zero-order valence-corrected chi connectivity index (χ0v) is 27.4. The number of allylic oxidation sites excluding steroid dienone is 1. The SMILES string of the molecule is C=N/C(=C\C(=NCc1ccccc1)c1ccc2c(c1)Cc1cc(-c3ccc(C(C)=Nc4ccccc4C)cc3)ccc1-2)c1ccccc1. The molecular formula is C45H37N3. The molecule has 3 nitrogen and oxygen atoms in total. The Kier molecular flexibility index (Phi) is 8.84. The molecule has 0 bridgehead atoms. The first-order valence-electron chi connectivity index (χ1n) is 16.4. The fourth-order valence-corrected chi connectivity index (χ4v) is 6.33. The van der Waals surface area contributed by atoms with Gasteiger partial charge in [0.15, 0.2) is 0 Å². The maximum atomic E-state index is 5.10. The summed E-state index contributed by atoms with van der Waals surface area (Å²) in [4.78, 5) is 14.4. The van der Waals surface area contributed by atoms with Crippen LogP contribution >= 0.6 is 0 Å². The van der Waals surface area contributed by atoms with Gasteiger partial charge in [0.1, 0.15) is 0 Å². The van der Waals surface area contributed by atoms with Gasteiger partial charge in [-0.15, -0.1) is 0 Å². The normalized spacial score (nSPS) is 12.8. The van der Waals surface area contributed by atoms with Gasteiger partial charge in [-0.3, -0.25) is 15.0 Å². The van der Waals surface area contributed by atoms with Crippen LogP contribution in [0.25, 0.3) is 28.0 Å². The minimum absolute atomic E-state index is 0.586. The van der Waals surface area contributed by atoms with Crippen LogP contribution in [-0.4, -0.2) is 18.1 Å². The number of hydrogen-bond acceptors (Lipinski definition) is 3. The summed E-state index contributed by atoms with van der Waals surface area (Å²) in [6, 6.07) is 51.1. The van der Waals surface area contributed by atoms with Gasteiger partial charge in [-0.05, 0) is 95.3 Å². The van der Waals surface area contributed by atoms with E-state index in [2.05, 4.69) is 141 Å². The van der Waals surface area contributed by atoms with Crippen LogP contribution in [0.3, 0.4) is 0 Å². The minimum Gasteiger partial charge on any atom is -0.280 e. The molecule has 0 aliphatic heterocycles. The third-order valence-corrected chi connectivity index (χ3v) is 9.01. The number of hydrogen-bond donors (Lipinski definition) is 0. The van der Waals surface area contributed by atoms with Crippen molar-refractivity contribution in [2.75, 3.05) is 0 Å². The quantitative estimate of drug-likeness (QED) is 0.144. The molecule has 0 radical (unpaired) electrons. The average Bonchev–Trinajstić information content (AvgIpc) is 3.51. The molecular weight excluding hydrogens is 583 g/mol. The van der Waals surface area contributed by atoms with Gasteiger partial charge in [-0.25, -0.2) is 0 Å². The Morgan fingerprint density at radius 3 is 2.00 bits per heavy atom. The minimum atomic E-state index is 0.586. The van der Waals surface area contributed by atoms with Crippen LogP contribution in [0, 0.1) is 6.92 Å². The highest BCUT2D eigenvalue weighted by Gasteiger charge is 2.20. The molecule has 7 rings (SSSR count). The van der Waals surface area contributed by atoms with Crippen molar-refractivity contribution < 1.29 is 0 Å². The number of fused-ring (bicyclic) bond motifs is 3. The Hall–Kier alpha value is -5.93. The van der Waals surface area contributed by atoms with E-state index in [-0.39, 0.29) is 0 Å². The summed E-state index contributed by atoms with van der Waals surface area (Å²) in [7, 11) is 0. The Labute approximate surface area is 283 Å². The first kappa shape index (κ1) is 30.7. The van der Waals surface area contributed by atoms with E-state index >= 15 is 0 Å². The predicted octanol–water partition coefficient (Wildman–Crippen LogP) is 11.1. The molecule has 0 unspecified atom stereocenters. The molecule has 0 amide bonds. The fourth-order valence-electron chi connectivity index (χ4n) is 6.33. The lowest BCUT2D eigenvalue weighted by molar-refractivity contribution is 1.07. The van der Waals surface area contributed by atoms with Crippen molar-refractivity contribution in [3.05, 3.63) is 191 Å². The van der Waals surface area contributed by atoms with Gasteiger partial charge in [0, 0.05) is 16.8 Å². The zero-order valence-electron chi connectivity index (χ0n) is 27.4. The van der Waals surface area contributed by atoms with Gasteiger partial charge in [0.05, 0.1) is 23.6 Å². The van der Waals surface area contributed by atoms with Crippen molar-refractivity contribution in [1.82, 2.24) is 0 Å². The van der Waals surface area contributed by atoms with Crippen molar-refractivity contribution in [3.63, 3.8) is 0 Å². The van der Waals surface area contributed by atoms with Gasteiger partial charge in [-0.1, -0.05) is 133 Å². The molecule has 0 spiro atoms. The number of nitrogens with zero attached hydrogens (tertiary/aromatic N) is 3. The molecule has 0 fully saturated rings. The lowest BCUT2D eigenvalue weighted by atomic mass is 9.97. The summed E-state index contributed by atoms with van der Waals surface area (Å²) in [6.45, 7) is 8.63. The van der Waals surface area contributed by atoms with Crippen LogP contribution < -0.4 is 0 Å². The van der Waals surface area contributed by atoms with Crippen LogP contribution in [0.4, 0.5) is 5.69 Å². The Morgan fingerprint density at radius 2 is 1.27 bits per heavy atom. The lowest BCUT2D eigenvalue weighted by Crippen LogP contribution is -2.01. The summed E-state index contributed by atoms with van der Waals surface area (Å²) in [5.74, 6) is 0. The number of rotatable bonds is 9. The smallest absolute Gasteiger partial charge is 0.0716 e. The van der Waals surface area contributed by atoms with E-state index in [0.717, 1.165) is 45.9 Å².